The number of carbonyl (C=O) groups is 2. The molecule has 1 aliphatic heterocycles. The van der Waals surface area contributed by atoms with Crippen molar-refractivity contribution in [3.8, 4) is 22.6 Å². The maximum Gasteiger partial charge on any atom is 0.335 e. The van der Waals surface area contributed by atoms with Crippen molar-refractivity contribution in [3.63, 3.8) is 0 Å². The fourth-order valence-electron chi connectivity index (χ4n) is 3.52. The van der Waals surface area contributed by atoms with Gasteiger partial charge in [-0.25, -0.2) is 22.0 Å². The third-order valence-corrected chi connectivity index (χ3v) is 6.94. The summed E-state index contributed by atoms with van der Waals surface area (Å²) >= 11 is 5.93. The van der Waals surface area contributed by atoms with Crippen LogP contribution in [0.4, 0.5) is 14.5 Å². The highest BCUT2D eigenvalue weighted by atomic mass is 35.5. The van der Waals surface area contributed by atoms with Crippen molar-refractivity contribution in [2.45, 2.75) is 17.9 Å². The quantitative estimate of drug-likeness (QED) is 0.367. The van der Waals surface area contributed by atoms with Crippen LogP contribution in [0, 0.1) is 11.6 Å². The number of aromatic hydroxyl groups is 1. The summed E-state index contributed by atoms with van der Waals surface area (Å²) in [4.78, 5) is 23.3. The lowest BCUT2D eigenvalue weighted by Crippen LogP contribution is -2.33. The van der Waals surface area contributed by atoms with Crippen LogP contribution in [-0.4, -0.2) is 43.2 Å². The minimum atomic E-state index is -4.75. The highest BCUT2D eigenvalue weighted by Crippen LogP contribution is 2.38. The minimum absolute atomic E-state index is 0.00260. The molecule has 188 valence electrons. The highest BCUT2D eigenvalue weighted by Gasteiger charge is 2.27. The molecule has 0 saturated heterocycles. The van der Waals surface area contributed by atoms with Gasteiger partial charge in [0.2, 0.25) is 0 Å². The summed E-state index contributed by atoms with van der Waals surface area (Å²) in [5.41, 5.74) is -1.64. The molecule has 3 aromatic rings. The predicted octanol–water partition coefficient (Wildman–Crippen LogP) is 4.00. The van der Waals surface area contributed by atoms with Crippen molar-refractivity contribution >= 4 is 39.2 Å². The van der Waals surface area contributed by atoms with E-state index in [4.69, 9.17) is 16.3 Å². The zero-order chi connectivity index (χ0) is 26.4. The fraction of sp³-hybridized carbons (Fsp3) is 0.130. The summed E-state index contributed by atoms with van der Waals surface area (Å²) in [6.45, 7) is 1.47. The number of ether oxygens (including phenoxy) is 1. The lowest BCUT2D eigenvalue weighted by Gasteiger charge is -2.19. The lowest BCUT2D eigenvalue weighted by atomic mass is 10.0. The van der Waals surface area contributed by atoms with E-state index in [-0.39, 0.29) is 34.5 Å². The van der Waals surface area contributed by atoms with E-state index in [2.05, 4.69) is 5.32 Å². The van der Waals surface area contributed by atoms with Gasteiger partial charge >= 0.3 is 5.97 Å². The molecule has 4 rings (SSSR count). The Kier molecular flexibility index (Phi) is 6.50. The number of phenols is 1. The van der Waals surface area contributed by atoms with Crippen molar-refractivity contribution in [2.24, 2.45) is 0 Å². The summed E-state index contributed by atoms with van der Waals surface area (Å²) in [5.74, 6) is -5.39. The van der Waals surface area contributed by atoms with Crippen molar-refractivity contribution < 1.29 is 41.7 Å². The van der Waals surface area contributed by atoms with Gasteiger partial charge in [-0.05, 0) is 43.3 Å². The third kappa shape index (κ3) is 4.77. The first-order valence-corrected chi connectivity index (χ1v) is 12.1. The van der Waals surface area contributed by atoms with Gasteiger partial charge in [0.05, 0.1) is 22.8 Å². The standard InChI is InChI=1S/C23H17ClF2N2O7S/c1-10-9-27-22(30)12-5-15(24)21(29)20(6-12)36(33,34)28-18-7-13(16(25)8-17(18)26)14-4-11(23(31)32)2-3-19(14)35-10/h2-8,10,28-29H,9H2,1H3,(H,27,30)(H,31,32)/t10-/m0/s1. The molecular weight excluding hydrogens is 522 g/mol. The summed E-state index contributed by atoms with van der Waals surface area (Å²) in [6, 6.07) is 6.70. The number of carboxylic acids is 1. The molecule has 13 heteroatoms. The summed E-state index contributed by atoms with van der Waals surface area (Å²) in [7, 11) is -4.75. The van der Waals surface area contributed by atoms with Gasteiger partial charge in [0, 0.05) is 22.8 Å². The number of hydrogen-bond donors (Lipinski definition) is 4. The highest BCUT2D eigenvalue weighted by molar-refractivity contribution is 7.92. The zero-order valence-electron chi connectivity index (χ0n) is 18.3. The number of rotatable bonds is 1. The van der Waals surface area contributed by atoms with Crippen molar-refractivity contribution in [1.29, 1.82) is 0 Å². The average molecular weight is 539 g/mol. The Morgan fingerprint density at radius 3 is 2.53 bits per heavy atom. The Morgan fingerprint density at radius 1 is 1.11 bits per heavy atom. The minimum Gasteiger partial charge on any atom is -0.505 e. The molecule has 0 spiro atoms. The van der Waals surface area contributed by atoms with E-state index in [1.54, 1.807) is 6.92 Å². The first-order chi connectivity index (χ1) is 16.9. The molecular formula is C23H17ClF2N2O7S. The van der Waals surface area contributed by atoms with Crippen LogP contribution in [0.2, 0.25) is 5.02 Å². The van der Waals surface area contributed by atoms with Crippen LogP contribution < -0.4 is 14.8 Å². The Morgan fingerprint density at radius 2 is 1.83 bits per heavy atom. The smallest absolute Gasteiger partial charge is 0.335 e. The fourth-order valence-corrected chi connectivity index (χ4v) is 4.99. The first-order valence-electron chi connectivity index (χ1n) is 10.2. The van der Waals surface area contributed by atoms with Gasteiger partial charge < -0.3 is 20.3 Å². The van der Waals surface area contributed by atoms with E-state index in [1.165, 1.54) is 12.1 Å². The van der Waals surface area contributed by atoms with Gasteiger partial charge in [-0.2, -0.15) is 0 Å². The summed E-state index contributed by atoms with van der Waals surface area (Å²) in [6.07, 6.45) is -0.731. The molecule has 1 atom stereocenters. The molecule has 0 saturated carbocycles. The molecule has 4 bridgehead atoms. The number of amides is 1. The summed E-state index contributed by atoms with van der Waals surface area (Å²) < 4.78 is 63.4. The van der Waals surface area contributed by atoms with Crippen LogP contribution in [0.1, 0.15) is 27.6 Å². The molecule has 3 aromatic carbocycles. The Hall–Kier alpha value is -3.90. The van der Waals surface area contributed by atoms with Crippen molar-refractivity contribution in [3.05, 3.63) is 70.2 Å². The van der Waals surface area contributed by atoms with Crippen LogP contribution in [-0.2, 0) is 10.0 Å². The number of carboxylic acid groups (broad SMARTS) is 1. The maximum absolute atomic E-state index is 14.9. The molecule has 36 heavy (non-hydrogen) atoms. The molecule has 1 heterocycles. The van der Waals surface area contributed by atoms with E-state index >= 15 is 0 Å². The van der Waals surface area contributed by atoms with Crippen molar-refractivity contribution in [2.75, 3.05) is 11.3 Å². The molecule has 0 fully saturated rings. The number of phenolic OH excluding ortho intramolecular Hbond substituents is 1. The molecule has 1 amide bonds. The molecule has 0 aliphatic carbocycles. The lowest BCUT2D eigenvalue weighted by molar-refractivity contribution is 0.0696. The monoisotopic (exact) mass is 538 g/mol. The Bertz CT molecular complexity index is 1530. The molecule has 0 aromatic heterocycles. The van der Waals surface area contributed by atoms with E-state index in [0.717, 1.165) is 24.3 Å². The number of nitrogens with one attached hydrogen (secondary N) is 2. The molecule has 1 aliphatic rings. The molecule has 0 unspecified atom stereocenters. The number of sulfonamides is 1. The van der Waals surface area contributed by atoms with Crippen LogP contribution >= 0.6 is 11.6 Å². The molecule has 0 radical (unpaired) electrons. The number of halogens is 3. The van der Waals surface area contributed by atoms with Gasteiger partial charge in [-0.15, -0.1) is 0 Å². The SMILES string of the molecule is C[C@H]1CNC(=O)c2cc(Cl)c(O)c(c2)S(=O)(=O)Nc2cc(c(F)cc2F)-c2cc(C(=O)O)ccc2O1. The predicted molar refractivity (Wildman–Crippen MR) is 125 cm³/mol. The normalized spacial score (nSPS) is 16.9. The molecule has 4 N–H and O–H groups in total. The van der Waals surface area contributed by atoms with E-state index in [0.29, 0.717) is 6.07 Å². The maximum atomic E-state index is 14.9. The van der Waals surface area contributed by atoms with Gasteiger partial charge in [0.1, 0.15) is 28.4 Å². The summed E-state index contributed by atoms with van der Waals surface area (Å²) in [5, 5.41) is 21.7. The van der Waals surface area contributed by atoms with E-state index in [1.807, 2.05) is 4.72 Å². The number of anilines is 1. The zero-order valence-corrected chi connectivity index (χ0v) is 19.9. The second kappa shape index (κ2) is 9.28. The first kappa shape index (κ1) is 25.2. The number of fused-ring (bicyclic) bond motifs is 6. The van der Waals surface area contributed by atoms with E-state index < -0.39 is 61.0 Å². The largest absolute Gasteiger partial charge is 0.505 e. The second-order valence-corrected chi connectivity index (χ2v) is 9.93. The average Bonchev–Trinajstić information content (AvgIpc) is 2.80. The van der Waals surface area contributed by atoms with Gasteiger partial charge in [0.15, 0.2) is 5.75 Å². The third-order valence-electron chi connectivity index (χ3n) is 5.28. The van der Waals surface area contributed by atoms with Crippen LogP contribution in [0.25, 0.3) is 11.1 Å². The van der Waals surface area contributed by atoms with E-state index in [9.17, 15) is 37.0 Å². The van der Waals surface area contributed by atoms with Crippen LogP contribution in [0.3, 0.4) is 0 Å². The number of hydrogen-bond acceptors (Lipinski definition) is 6. The second-order valence-electron chi connectivity index (χ2n) is 7.88. The topological polar surface area (TPSA) is 142 Å². The van der Waals surface area contributed by atoms with Crippen LogP contribution in [0.15, 0.2) is 47.4 Å². The van der Waals surface area contributed by atoms with Gasteiger partial charge in [-0.1, -0.05) is 11.6 Å². The molecule has 9 nitrogen and oxygen atoms in total. The number of carbonyl (C=O) groups excluding carboxylic acids is 1. The Balaban J connectivity index is 1.98. The van der Waals surface area contributed by atoms with Crippen molar-refractivity contribution in [1.82, 2.24) is 5.32 Å². The number of benzene rings is 3. The van der Waals surface area contributed by atoms with Crippen LogP contribution in [0.5, 0.6) is 11.5 Å². The number of aromatic carboxylic acids is 1. The van der Waals surface area contributed by atoms with Gasteiger partial charge in [-0.3, -0.25) is 9.52 Å². The Labute approximate surface area is 208 Å². The van der Waals surface area contributed by atoms with Gasteiger partial charge in [0.25, 0.3) is 15.9 Å².